The van der Waals surface area contributed by atoms with E-state index in [4.69, 9.17) is 0 Å². The van der Waals surface area contributed by atoms with E-state index in [1.54, 1.807) is 36.4 Å². The first-order valence-electron chi connectivity index (χ1n) is 9.75. The van der Waals surface area contributed by atoms with Crippen molar-refractivity contribution in [1.82, 2.24) is 14.9 Å². The molecule has 1 fully saturated rings. The molecule has 1 atom stereocenters. The van der Waals surface area contributed by atoms with Gasteiger partial charge < -0.3 is 10.6 Å². The van der Waals surface area contributed by atoms with Crippen LogP contribution in [0.25, 0.3) is 0 Å². The normalized spacial score (nSPS) is 16.2. The molecule has 1 aliphatic rings. The number of carbonyl (C=O) groups excluding carboxylic acids is 1. The zero-order valence-corrected chi connectivity index (χ0v) is 17.2. The van der Waals surface area contributed by atoms with Crippen LogP contribution in [0, 0.1) is 5.82 Å². The van der Waals surface area contributed by atoms with Crippen molar-refractivity contribution in [2.45, 2.75) is 43.7 Å². The van der Waals surface area contributed by atoms with Crippen LogP contribution in [0.15, 0.2) is 53.4 Å². The fourth-order valence-electron chi connectivity index (χ4n) is 3.30. The number of halogens is 1. The number of hydrogen-bond acceptors (Lipinski definition) is 3. The number of piperidine rings is 1. The van der Waals surface area contributed by atoms with Gasteiger partial charge in [-0.2, -0.15) is 4.31 Å². The molecule has 0 spiro atoms. The molecule has 156 valence electrons. The minimum atomic E-state index is -3.45. The molecule has 1 heterocycles. The molecule has 1 aliphatic heterocycles. The fraction of sp³-hybridized carbons (Fsp3) is 0.381. The number of hydrogen-bond donors (Lipinski definition) is 2. The number of amides is 2. The standard InChI is InChI=1S/C21H26FN3O3S/c1-16(18-7-9-19(22)10-8-18)24-21(26)23-15-17-5-11-20(12-6-17)29(27,28)25-13-3-2-4-14-25/h5-12,16H,2-4,13-15H2,1H3,(H2,23,24,26)/t16-/m0/s1. The van der Waals surface area contributed by atoms with Crippen molar-refractivity contribution in [3.8, 4) is 0 Å². The molecule has 0 aliphatic carbocycles. The van der Waals surface area contributed by atoms with E-state index >= 15 is 0 Å². The van der Waals surface area contributed by atoms with Crippen LogP contribution in [0.3, 0.4) is 0 Å². The lowest BCUT2D eigenvalue weighted by Gasteiger charge is -2.25. The molecule has 0 radical (unpaired) electrons. The van der Waals surface area contributed by atoms with E-state index in [9.17, 15) is 17.6 Å². The SMILES string of the molecule is C[C@H](NC(=O)NCc1ccc(S(=O)(=O)N2CCCCC2)cc1)c1ccc(F)cc1. The Bertz CT molecular complexity index is 925. The van der Waals surface area contributed by atoms with E-state index in [0.29, 0.717) is 13.1 Å². The van der Waals surface area contributed by atoms with E-state index < -0.39 is 10.0 Å². The molecule has 1 saturated heterocycles. The van der Waals surface area contributed by atoms with Crippen molar-refractivity contribution < 1.29 is 17.6 Å². The topological polar surface area (TPSA) is 78.5 Å². The molecule has 0 aromatic heterocycles. The highest BCUT2D eigenvalue weighted by molar-refractivity contribution is 7.89. The highest BCUT2D eigenvalue weighted by atomic mass is 32.2. The number of urea groups is 1. The molecule has 2 N–H and O–H groups in total. The van der Waals surface area contributed by atoms with Crippen molar-refractivity contribution >= 4 is 16.1 Å². The van der Waals surface area contributed by atoms with Gasteiger partial charge in [0.1, 0.15) is 5.82 Å². The number of nitrogens with one attached hydrogen (secondary N) is 2. The first kappa shape index (κ1) is 21.3. The predicted octanol–water partition coefficient (Wildman–Crippen LogP) is 3.56. The first-order valence-corrected chi connectivity index (χ1v) is 11.2. The van der Waals surface area contributed by atoms with Crippen molar-refractivity contribution in [3.63, 3.8) is 0 Å². The van der Waals surface area contributed by atoms with Crippen LogP contribution in [-0.2, 0) is 16.6 Å². The minimum Gasteiger partial charge on any atom is -0.334 e. The smallest absolute Gasteiger partial charge is 0.315 e. The van der Waals surface area contributed by atoms with E-state index in [2.05, 4.69) is 10.6 Å². The highest BCUT2D eigenvalue weighted by Crippen LogP contribution is 2.21. The minimum absolute atomic E-state index is 0.270. The molecule has 6 nitrogen and oxygen atoms in total. The Morgan fingerprint density at radius 2 is 1.66 bits per heavy atom. The number of sulfonamides is 1. The first-order chi connectivity index (χ1) is 13.9. The van der Waals surface area contributed by atoms with E-state index in [1.807, 2.05) is 6.92 Å². The van der Waals surface area contributed by atoms with Gasteiger partial charge in [0.25, 0.3) is 0 Å². The van der Waals surface area contributed by atoms with Gasteiger partial charge in [0.15, 0.2) is 0 Å². The summed E-state index contributed by atoms with van der Waals surface area (Å²) in [6.45, 7) is 3.22. The Labute approximate surface area is 171 Å². The Morgan fingerprint density at radius 1 is 1.03 bits per heavy atom. The molecular formula is C21H26FN3O3S. The lowest BCUT2D eigenvalue weighted by molar-refractivity contribution is 0.237. The average Bonchev–Trinajstić information content (AvgIpc) is 2.73. The lowest BCUT2D eigenvalue weighted by Crippen LogP contribution is -2.36. The van der Waals surface area contributed by atoms with Crippen molar-refractivity contribution in [1.29, 1.82) is 0 Å². The van der Waals surface area contributed by atoms with Crippen molar-refractivity contribution in [2.75, 3.05) is 13.1 Å². The summed E-state index contributed by atoms with van der Waals surface area (Å²) >= 11 is 0. The second-order valence-electron chi connectivity index (χ2n) is 7.21. The lowest BCUT2D eigenvalue weighted by atomic mass is 10.1. The summed E-state index contributed by atoms with van der Waals surface area (Å²) in [6.07, 6.45) is 2.86. The summed E-state index contributed by atoms with van der Waals surface area (Å²) in [5.74, 6) is -0.323. The molecule has 0 unspecified atom stereocenters. The summed E-state index contributed by atoms with van der Waals surface area (Å²) in [5, 5.41) is 5.54. The summed E-state index contributed by atoms with van der Waals surface area (Å²) < 4.78 is 39.9. The van der Waals surface area contributed by atoms with Gasteiger partial charge in [-0.25, -0.2) is 17.6 Å². The second kappa shape index (κ2) is 9.37. The van der Waals surface area contributed by atoms with Gasteiger partial charge in [-0.05, 0) is 55.2 Å². The maximum atomic E-state index is 13.0. The molecule has 2 amide bonds. The second-order valence-corrected chi connectivity index (χ2v) is 9.15. The van der Waals surface area contributed by atoms with Crippen molar-refractivity contribution in [2.24, 2.45) is 0 Å². The molecule has 29 heavy (non-hydrogen) atoms. The third-order valence-corrected chi connectivity index (χ3v) is 6.96. The number of benzene rings is 2. The third kappa shape index (κ3) is 5.55. The Kier molecular flexibility index (Phi) is 6.87. The Morgan fingerprint density at radius 3 is 2.28 bits per heavy atom. The summed E-state index contributed by atoms with van der Waals surface area (Å²) in [7, 11) is -3.45. The Hall–Kier alpha value is -2.45. The van der Waals surface area contributed by atoms with Crippen LogP contribution in [-0.4, -0.2) is 31.8 Å². The van der Waals surface area contributed by atoms with E-state index in [-0.39, 0.29) is 29.3 Å². The van der Waals surface area contributed by atoms with Crippen LogP contribution in [0.5, 0.6) is 0 Å². The van der Waals surface area contributed by atoms with Gasteiger partial charge in [0, 0.05) is 19.6 Å². The van der Waals surface area contributed by atoms with Crippen LogP contribution < -0.4 is 10.6 Å². The van der Waals surface area contributed by atoms with Gasteiger partial charge in [0.05, 0.1) is 10.9 Å². The van der Waals surface area contributed by atoms with Crippen LogP contribution in [0.1, 0.15) is 43.4 Å². The van der Waals surface area contributed by atoms with E-state index in [1.165, 1.54) is 16.4 Å². The van der Waals surface area contributed by atoms with E-state index in [0.717, 1.165) is 30.4 Å². The number of nitrogens with zero attached hydrogens (tertiary/aromatic N) is 1. The number of carbonyl (C=O) groups is 1. The van der Waals surface area contributed by atoms with Crippen molar-refractivity contribution in [3.05, 3.63) is 65.5 Å². The maximum Gasteiger partial charge on any atom is 0.315 e. The van der Waals surface area contributed by atoms with Crippen LogP contribution in [0.4, 0.5) is 9.18 Å². The average molecular weight is 420 g/mol. The van der Waals surface area contributed by atoms with Gasteiger partial charge in [-0.1, -0.05) is 30.7 Å². The molecule has 0 saturated carbocycles. The predicted molar refractivity (Wildman–Crippen MR) is 109 cm³/mol. The van der Waals surface area contributed by atoms with Gasteiger partial charge in [-0.15, -0.1) is 0 Å². The van der Waals surface area contributed by atoms with Gasteiger partial charge >= 0.3 is 6.03 Å². The monoisotopic (exact) mass is 419 g/mol. The zero-order chi connectivity index (χ0) is 20.9. The largest absolute Gasteiger partial charge is 0.334 e. The van der Waals surface area contributed by atoms with Crippen LogP contribution >= 0.6 is 0 Å². The molecule has 8 heteroatoms. The zero-order valence-electron chi connectivity index (χ0n) is 16.4. The number of rotatable bonds is 6. The summed E-state index contributed by atoms with van der Waals surface area (Å²) in [6, 6.07) is 11.9. The third-order valence-electron chi connectivity index (χ3n) is 5.05. The molecule has 3 rings (SSSR count). The Balaban J connectivity index is 1.53. The molecule has 2 aromatic carbocycles. The maximum absolute atomic E-state index is 13.0. The fourth-order valence-corrected chi connectivity index (χ4v) is 4.82. The van der Waals surface area contributed by atoms with Crippen LogP contribution in [0.2, 0.25) is 0 Å². The highest BCUT2D eigenvalue weighted by Gasteiger charge is 2.25. The van der Waals surface area contributed by atoms with Gasteiger partial charge in [0.2, 0.25) is 10.0 Å². The quantitative estimate of drug-likeness (QED) is 0.751. The molecular weight excluding hydrogens is 393 g/mol. The van der Waals surface area contributed by atoms with Gasteiger partial charge in [-0.3, -0.25) is 0 Å². The summed E-state index contributed by atoms with van der Waals surface area (Å²) in [4.78, 5) is 12.4. The summed E-state index contributed by atoms with van der Waals surface area (Å²) in [5.41, 5.74) is 1.60. The molecule has 0 bridgehead atoms. The molecule has 2 aromatic rings.